The number of benzene rings is 2. The van der Waals surface area contributed by atoms with Gasteiger partial charge in [0, 0.05) is 11.6 Å². The Kier molecular flexibility index (Phi) is 5.67. The molecule has 8 heteroatoms. The third-order valence-electron chi connectivity index (χ3n) is 4.76. The summed E-state index contributed by atoms with van der Waals surface area (Å²) in [4.78, 5) is 0. The molecule has 0 aliphatic heterocycles. The molecule has 2 aromatic carbocycles. The quantitative estimate of drug-likeness (QED) is 0.419. The number of aromatic nitrogens is 2. The summed E-state index contributed by atoms with van der Waals surface area (Å²) in [5, 5.41) is 24.3. The van der Waals surface area contributed by atoms with Gasteiger partial charge in [0.15, 0.2) is 0 Å². The van der Waals surface area contributed by atoms with E-state index >= 15 is 0 Å². The molecule has 7 nitrogen and oxygen atoms in total. The Morgan fingerprint density at radius 3 is 2.59 bits per heavy atom. The molecule has 2 aromatic heterocycles. The molecule has 4 rings (SSSR count). The zero-order valence-electron chi connectivity index (χ0n) is 16.9. The van der Waals surface area contributed by atoms with Crippen molar-refractivity contribution in [2.75, 3.05) is 12.8 Å². The van der Waals surface area contributed by atoms with Crippen molar-refractivity contribution in [2.24, 2.45) is 0 Å². The highest BCUT2D eigenvalue weighted by atomic mass is 35.5. The van der Waals surface area contributed by atoms with Gasteiger partial charge in [-0.25, -0.2) is 4.68 Å². The second kappa shape index (κ2) is 8.73. The summed E-state index contributed by atoms with van der Waals surface area (Å²) in [7, 11) is 1.54. The Bertz CT molecular complexity index is 1400. The van der Waals surface area contributed by atoms with Crippen LogP contribution in [-0.4, -0.2) is 16.9 Å². The number of furan rings is 1. The maximum absolute atomic E-state index is 9.76. The zero-order valence-corrected chi connectivity index (χ0v) is 17.7. The average Bonchev–Trinajstić information content (AvgIpc) is 3.42. The molecule has 4 aromatic rings. The van der Waals surface area contributed by atoms with Gasteiger partial charge in [-0.2, -0.15) is 15.6 Å². The number of ether oxygens (including phenoxy) is 1. The summed E-state index contributed by atoms with van der Waals surface area (Å²) in [5.74, 6) is 1.69. The van der Waals surface area contributed by atoms with E-state index < -0.39 is 0 Å². The molecule has 2 heterocycles. The Balaban J connectivity index is 1.73. The number of nitrogen functional groups attached to an aromatic ring is 1. The minimum atomic E-state index is 0.121. The van der Waals surface area contributed by atoms with E-state index in [1.54, 1.807) is 31.4 Å². The van der Waals surface area contributed by atoms with Crippen LogP contribution < -0.4 is 10.5 Å². The molecule has 0 amide bonds. The number of nitrogens with two attached hydrogens (primary N) is 1. The fourth-order valence-corrected chi connectivity index (χ4v) is 3.45. The number of nitrogens with zero attached hydrogens (tertiary/aromatic N) is 4. The van der Waals surface area contributed by atoms with Crippen LogP contribution in [0, 0.1) is 22.7 Å². The van der Waals surface area contributed by atoms with E-state index in [9.17, 15) is 10.5 Å². The van der Waals surface area contributed by atoms with Gasteiger partial charge in [0.1, 0.15) is 46.5 Å². The summed E-state index contributed by atoms with van der Waals surface area (Å²) in [6.45, 7) is 0. The molecule has 0 spiro atoms. The maximum Gasteiger partial charge on any atom is 0.145 e. The van der Waals surface area contributed by atoms with Crippen LogP contribution in [0.3, 0.4) is 0 Å². The Hall–Kier alpha value is -4.46. The van der Waals surface area contributed by atoms with Crippen molar-refractivity contribution in [2.45, 2.75) is 0 Å². The number of rotatable bonds is 5. The summed E-state index contributed by atoms with van der Waals surface area (Å²) < 4.78 is 12.5. The normalized spacial score (nSPS) is 11.1. The molecule has 2 N–H and O–H groups in total. The minimum absolute atomic E-state index is 0.121. The van der Waals surface area contributed by atoms with Gasteiger partial charge in [0.05, 0.1) is 23.4 Å². The first-order chi connectivity index (χ1) is 15.5. The first-order valence-corrected chi connectivity index (χ1v) is 9.83. The number of hydrogen-bond acceptors (Lipinski definition) is 6. The Labute approximate surface area is 189 Å². The molecule has 0 aliphatic carbocycles. The lowest BCUT2D eigenvalue weighted by molar-refractivity contribution is 0.415. The second-order valence-electron chi connectivity index (χ2n) is 6.69. The fraction of sp³-hybridized carbons (Fsp3) is 0.0417. The second-order valence-corrected chi connectivity index (χ2v) is 7.10. The number of allylic oxidation sites excluding steroid dienone is 1. The van der Waals surface area contributed by atoms with Crippen LogP contribution in [0.25, 0.3) is 28.7 Å². The van der Waals surface area contributed by atoms with Crippen molar-refractivity contribution < 1.29 is 9.15 Å². The van der Waals surface area contributed by atoms with Gasteiger partial charge in [0.25, 0.3) is 0 Å². The van der Waals surface area contributed by atoms with Gasteiger partial charge >= 0.3 is 0 Å². The fourth-order valence-electron chi connectivity index (χ4n) is 3.20. The molecular formula is C24H16ClN5O2. The molecule has 32 heavy (non-hydrogen) atoms. The lowest BCUT2D eigenvalue weighted by Crippen LogP contribution is -2.02. The number of methoxy groups -OCH3 is 1. The Morgan fingerprint density at radius 1 is 1.16 bits per heavy atom. The highest BCUT2D eigenvalue weighted by Crippen LogP contribution is 2.32. The van der Waals surface area contributed by atoms with Gasteiger partial charge in [0.2, 0.25) is 0 Å². The average molecular weight is 442 g/mol. The first kappa shape index (κ1) is 20.8. The number of nitriles is 2. The van der Waals surface area contributed by atoms with E-state index in [0.717, 1.165) is 5.56 Å². The smallest absolute Gasteiger partial charge is 0.145 e. The van der Waals surface area contributed by atoms with Crippen LogP contribution in [0.15, 0.2) is 65.1 Å². The van der Waals surface area contributed by atoms with Crippen molar-refractivity contribution in [3.63, 3.8) is 0 Å². The molecule has 156 valence electrons. The van der Waals surface area contributed by atoms with Crippen LogP contribution in [0.4, 0.5) is 5.82 Å². The molecule has 0 fully saturated rings. The standard InChI is InChI=1S/C24H16ClN5O2/c1-31-22-9-7-15(12-20(22)25)21-10-8-18(32-21)11-16(13-26)23-19(14-27)24(28)30(29-23)17-5-3-2-4-6-17/h2-12H,28H2,1H3/b16-11+. The van der Waals surface area contributed by atoms with Crippen molar-refractivity contribution in [3.05, 3.63) is 82.7 Å². The molecular weight excluding hydrogens is 426 g/mol. The first-order valence-electron chi connectivity index (χ1n) is 9.45. The van der Waals surface area contributed by atoms with E-state index in [1.165, 1.54) is 10.8 Å². The molecule has 0 unspecified atom stereocenters. The van der Waals surface area contributed by atoms with Crippen molar-refractivity contribution >= 4 is 29.1 Å². The summed E-state index contributed by atoms with van der Waals surface area (Å²) in [5.41, 5.74) is 8.03. The summed E-state index contributed by atoms with van der Waals surface area (Å²) in [6, 6.07) is 22.1. The number of anilines is 1. The largest absolute Gasteiger partial charge is 0.495 e. The van der Waals surface area contributed by atoms with Crippen LogP contribution in [-0.2, 0) is 0 Å². The van der Waals surface area contributed by atoms with E-state index in [1.807, 2.05) is 42.5 Å². The van der Waals surface area contributed by atoms with Crippen LogP contribution >= 0.6 is 11.6 Å². The number of halogens is 1. The van der Waals surface area contributed by atoms with Gasteiger partial charge < -0.3 is 14.9 Å². The monoisotopic (exact) mass is 441 g/mol. The van der Waals surface area contributed by atoms with E-state index in [0.29, 0.717) is 28.0 Å². The summed E-state index contributed by atoms with van der Waals surface area (Å²) in [6.07, 6.45) is 1.52. The van der Waals surface area contributed by atoms with Gasteiger partial charge in [-0.05, 0) is 42.5 Å². The molecule has 0 saturated heterocycles. The van der Waals surface area contributed by atoms with Crippen molar-refractivity contribution in [1.29, 1.82) is 10.5 Å². The minimum Gasteiger partial charge on any atom is -0.495 e. The molecule has 0 atom stereocenters. The molecule has 0 bridgehead atoms. The van der Waals surface area contributed by atoms with Crippen LogP contribution in [0.2, 0.25) is 5.02 Å². The highest BCUT2D eigenvalue weighted by molar-refractivity contribution is 6.32. The Morgan fingerprint density at radius 2 is 1.94 bits per heavy atom. The van der Waals surface area contributed by atoms with Crippen LogP contribution in [0.1, 0.15) is 17.0 Å². The lowest BCUT2D eigenvalue weighted by Gasteiger charge is -2.04. The zero-order chi connectivity index (χ0) is 22.7. The van der Waals surface area contributed by atoms with E-state index in [2.05, 4.69) is 11.2 Å². The van der Waals surface area contributed by atoms with Gasteiger partial charge in [-0.3, -0.25) is 0 Å². The third-order valence-corrected chi connectivity index (χ3v) is 5.05. The van der Waals surface area contributed by atoms with Gasteiger partial charge in [-0.1, -0.05) is 29.8 Å². The highest BCUT2D eigenvalue weighted by Gasteiger charge is 2.20. The molecule has 0 radical (unpaired) electrons. The topological polar surface area (TPSA) is 114 Å². The molecule has 0 saturated carbocycles. The van der Waals surface area contributed by atoms with Crippen molar-refractivity contribution in [1.82, 2.24) is 9.78 Å². The summed E-state index contributed by atoms with van der Waals surface area (Å²) >= 11 is 6.20. The predicted molar refractivity (Wildman–Crippen MR) is 122 cm³/mol. The number of hydrogen-bond donors (Lipinski definition) is 1. The maximum atomic E-state index is 9.76. The lowest BCUT2D eigenvalue weighted by atomic mass is 10.1. The predicted octanol–water partition coefficient (Wildman–Crippen LogP) is 5.31. The van der Waals surface area contributed by atoms with E-state index in [4.69, 9.17) is 26.5 Å². The van der Waals surface area contributed by atoms with Crippen LogP contribution in [0.5, 0.6) is 5.75 Å². The third kappa shape index (κ3) is 3.81. The van der Waals surface area contributed by atoms with E-state index in [-0.39, 0.29) is 22.6 Å². The van der Waals surface area contributed by atoms with Crippen molar-refractivity contribution in [3.8, 4) is 34.9 Å². The molecule has 0 aliphatic rings. The van der Waals surface area contributed by atoms with Gasteiger partial charge in [-0.15, -0.1) is 0 Å². The SMILES string of the molecule is COc1ccc(-c2ccc(/C=C(\C#N)c3nn(-c4ccccc4)c(N)c3C#N)o2)cc1Cl. The number of para-hydroxylation sites is 1.